The average molecular weight is 511 g/mol. The number of imidazole rings is 1. The Morgan fingerprint density at radius 2 is 2.07 bits per heavy atom. The van der Waals surface area contributed by atoms with Crippen molar-refractivity contribution in [3.05, 3.63) is 57.3 Å². The summed E-state index contributed by atoms with van der Waals surface area (Å²) in [7, 11) is 0. The minimum absolute atomic E-state index is 0.0412. The molecule has 29 heavy (non-hydrogen) atoms. The number of hydrogen-bond acceptors (Lipinski definition) is 5. The number of ether oxygens (including phenoxy) is 2. The molecule has 0 aliphatic carbocycles. The van der Waals surface area contributed by atoms with Crippen LogP contribution in [-0.2, 0) is 9.47 Å². The van der Waals surface area contributed by atoms with E-state index in [1.807, 2.05) is 36.4 Å². The van der Waals surface area contributed by atoms with Crippen molar-refractivity contribution in [3.63, 3.8) is 0 Å². The number of pyridine rings is 1. The third-order valence-corrected chi connectivity index (χ3v) is 5.32. The lowest BCUT2D eigenvalue weighted by molar-refractivity contribution is -0.225. The molecular formula is C20H19FIN3O4. The number of hydrogen-bond donors (Lipinski definition) is 2. The van der Waals surface area contributed by atoms with Crippen LogP contribution >= 0.6 is 22.6 Å². The first-order valence-corrected chi connectivity index (χ1v) is 10.0. The maximum absolute atomic E-state index is 14.4. The Morgan fingerprint density at radius 3 is 2.72 bits per heavy atom. The first kappa shape index (κ1) is 20.0. The second-order valence-corrected chi connectivity index (χ2v) is 8.93. The highest BCUT2D eigenvalue weighted by atomic mass is 127. The van der Waals surface area contributed by atoms with Crippen LogP contribution in [0.15, 0.2) is 36.8 Å². The van der Waals surface area contributed by atoms with E-state index in [4.69, 9.17) is 9.47 Å². The van der Waals surface area contributed by atoms with E-state index in [-0.39, 0.29) is 22.5 Å². The van der Waals surface area contributed by atoms with Gasteiger partial charge in [-0.1, -0.05) is 13.8 Å². The predicted molar refractivity (Wildman–Crippen MR) is 113 cm³/mol. The molecule has 1 aliphatic heterocycles. The van der Waals surface area contributed by atoms with E-state index in [9.17, 15) is 14.3 Å². The second-order valence-electron chi connectivity index (χ2n) is 7.68. The fourth-order valence-corrected chi connectivity index (χ4v) is 3.64. The summed E-state index contributed by atoms with van der Waals surface area (Å²) in [4.78, 5) is 16.2. The Morgan fingerprint density at radius 1 is 1.34 bits per heavy atom. The molecule has 2 aromatic heterocycles. The normalized spacial score (nSPS) is 16.8. The van der Waals surface area contributed by atoms with Crippen molar-refractivity contribution in [2.75, 3.05) is 18.5 Å². The van der Waals surface area contributed by atoms with Crippen LogP contribution in [0.5, 0.6) is 0 Å². The number of carboxylic acids is 1. The highest BCUT2D eigenvalue weighted by Gasteiger charge is 2.32. The first-order valence-electron chi connectivity index (χ1n) is 8.93. The third-order valence-electron chi connectivity index (χ3n) is 4.65. The molecule has 1 aromatic carbocycles. The van der Waals surface area contributed by atoms with Gasteiger partial charge in [0.05, 0.1) is 30.6 Å². The van der Waals surface area contributed by atoms with Gasteiger partial charge in [-0.05, 0) is 46.9 Å². The number of fused-ring (bicyclic) bond motifs is 1. The number of benzene rings is 1. The zero-order valence-corrected chi connectivity index (χ0v) is 17.9. The summed E-state index contributed by atoms with van der Waals surface area (Å²) in [5.41, 5.74) is 1.19. The van der Waals surface area contributed by atoms with E-state index in [1.165, 1.54) is 18.5 Å². The van der Waals surface area contributed by atoms with Crippen molar-refractivity contribution >= 4 is 45.6 Å². The SMILES string of the molecule is CC1(C)COC(c2cc(C(=O)O)c(Nc3ccc(I)cc3F)n3cncc23)OC1. The first-order chi connectivity index (χ1) is 13.7. The molecule has 4 rings (SSSR count). The van der Waals surface area contributed by atoms with Crippen molar-refractivity contribution in [2.24, 2.45) is 5.41 Å². The average Bonchev–Trinajstić information content (AvgIpc) is 3.14. The third kappa shape index (κ3) is 3.94. The minimum atomic E-state index is -1.16. The summed E-state index contributed by atoms with van der Waals surface area (Å²) >= 11 is 2.01. The van der Waals surface area contributed by atoms with Gasteiger partial charge in [-0.25, -0.2) is 14.2 Å². The molecule has 7 nitrogen and oxygen atoms in total. The van der Waals surface area contributed by atoms with Crippen molar-refractivity contribution in [2.45, 2.75) is 20.1 Å². The van der Waals surface area contributed by atoms with Crippen LogP contribution < -0.4 is 5.32 Å². The van der Waals surface area contributed by atoms with Gasteiger partial charge in [0.2, 0.25) is 0 Å². The topological polar surface area (TPSA) is 85.1 Å². The number of nitrogens with zero attached hydrogens (tertiary/aromatic N) is 2. The molecule has 1 fully saturated rings. The van der Waals surface area contributed by atoms with E-state index in [1.54, 1.807) is 22.7 Å². The molecule has 0 spiro atoms. The number of aromatic carboxylic acids is 1. The fourth-order valence-electron chi connectivity index (χ4n) is 3.18. The smallest absolute Gasteiger partial charge is 0.339 e. The molecule has 3 aromatic rings. The van der Waals surface area contributed by atoms with E-state index in [0.717, 1.165) is 3.57 Å². The summed E-state index contributed by atoms with van der Waals surface area (Å²) in [5.74, 6) is -1.44. The van der Waals surface area contributed by atoms with Crippen molar-refractivity contribution < 1.29 is 23.8 Å². The Balaban J connectivity index is 1.81. The molecule has 0 atom stereocenters. The summed E-state index contributed by atoms with van der Waals surface area (Å²) in [6.45, 7) is 5.02. The molecule has 0 saturated carbocycles. The van der Waals surface area contributed by atoms with E-state index < -0.39 is 18.1 Å². The largest absolute Gasteiger partial charge is 0.478 e. The summed E-state index contributed by atoms with van der Waals surface area (Å²) in [5, 5.41) is 12.7. The van der Waals surface area contributed by atoms with E-state index in [2.05, 4.69) is 10.3 Å². The molecule has 0 bridgehead atoms. The van der Waals surface area contributed by atoms with Gasteiger partial charge in [0.25, 0.3) is 0 Å². The Labute approximate surface area is 180 Å². The number of anilines is 2. The maximum atomic E-state index is 14.4. The molecule has 9 heteroatoms. The van der Waals surface area contributed by atoms with Crippen molar-refractivity contribution in [1.29, 1.82) is 0 Å². The standard InChI is InChI=1S/C20H19FIN3O4/c1-20(2)8-28-19(29-9-20)12-6-13(18(26)27)17(25-10-23-7-16(12)25)24-15-4-3-11(22)5-14(15)21/h3-7,10,19,24H,8-9H2,1-2H3,(H,26,27). The van der Waals surface area contributed by atoms with Gasteiger partial charge in [-0.15, -0.1) is 0 Å². The number of carboxylic acid groups (broad SMARTS) is 1. The summed E-state index contributed by atoms with van der Waals surface area (Å²) < 4.78 is 28.4. The van der Waals surface area contributed by atoms with Crippen LogP contribution in [0.25, 0.3) is 5.52 Å². The molecular weight excluding hydrogens is 492 g/mol. The van der Waals surface area contributed by atoms with Crippen LogP contribution in [0.2, 0.25) is 0 Å². The maximum Gasteiger partial charge on any atom is 0.339 e. The van der Waals surface area contributed by atoms with Gasteiger partial charge in [0, 0.05) is 14.5 Å². The van der Waals surface area contributed by atoms with E-state index in [0.29, 0.717) is 24.3 Å². The van der Waals surface area contributed by atoms with Gasteiger partial charge < -0.3 is 19.9 Å². The zero-order valence-electron chi connectivity index (χ0n) is 15.8. The molecule has 3 heterocycles. The van der Waals surface area contributed by atoms with Crippen LogP contribution in [-0.4, -0.2) is 33.7 Å². The van der Waals surface area contributed by atoms with Gasteiger partial charge in [0.1, 0.15) is 23.5 Å². The molecule has 1 saturated heterocycles. The molecule has 0 radical (unpaired) electrons. The Kier molecular flexibility index (Phi) is 5.21. The number of carbonyl (C=O) groups is 1. The van der Waals surface area contributed by atoms with Crippen LogP contribution in [0.4, 0.5) is 15.9 Å². The van der Waals surface area contributed by atoms with Gasteiger partial charge >= 0.3 is 5.97 Å². The minimum Gasteiger partial charge on any atom is -0.478 e. The highest BCUT2D eigenvalue weighted by Crippen LogP contribution is 2.36. The lowest BCUT2D eigenvalue weighted by Gasteiger charge is -2.35. The highest BCUT2D eigenvalue weighted by molar-refractivity contribution is 14.1. The van der Waals surface area contributed by atoms with Crippen LogP contribution in [0.3, 0.4) is 0 Å². The lowest BCUT2D eigenvalue weighted by atomic mass is 9.95. The van der Waals surface area contributed by atoms with Crippen LogP contribution in [0.1, 0.15) is 36.1 Å². The molecule has 0 amide bonds. The molecule has 2 N–H and O–H groups in total. The van der Waals surface area contributed by atoms with Gasteiger partial charge in [-0.2, -0.15) is 0 Å². The Bertz CT molecular complexity index is 1090. The van der Waals surface area contributed by atoms with Gasteiger partial charge in [0.15, 0.2) is 6.29 Å². The summed E-state index contributed by atoms with van der Waals surface area (Å²) in [6.07, 6.45) is 2.37. The number of rotatable bonds is 4. The fraction of sp³-hybridized carbons (Fsp3) is 0.300. The number of halogens is 2. The molecule has 1 aliphatic rings. The van der Waals surface area contributed by atoms with Gasteiger partial charge in [-0.3, -0.25) is 4.40 Å². The quantitative estimate of drug-likeness (QED) is 0.499. The monoisotopic (exact) mass is 511 g/mol. The van der Waals surface area contributed by atoms with Crippen molar-refractivity contribution in [1.82, 2.24) is 9.38 Å². The lowest BCUT2D eigenvalue weighted by Crippen LogP contribution is -2.34. The predicted octanol–water partition coefficient (Wildman–Crippen LogP) is 4.59. The molecule has 152 valence electrons. The van der Waals surface area contributed by atoms with E-state index >= 15 is 0 Å². The number of aromatic nitrogens is 2. The Hall–Kier alpha value is -2.24. The molecule has 0 unspecified atom stereocenters. The van der Waals surface area contributed by atoms with Crippen LogP contribution in [0, 0.1) is 14.8 Å². The summed E-state index contributed by atoms with van der Waals surface area (Å²) in [6, 6.07) is 6.16. The zero-order chi connectivity index (χ0) is 20.8. The number of nitrogens with one attached hydrogen (secondary N) is 1. The van der Waals surface area contributed by atoms with Crippen molar-refractivity contribution in [3.8, 4) is 0 Å². The second kappa shape index (κ2) is 7.54.